The number of ether oxygens (including phenoxy) is 4. The molecule has 4 atom stereocenters. The molecule has 240 valence electrons. The first-order valence-corrected chi connectivity index (χ1v) is 16.4. The number of hydrogen-bond donors (Lipinski definition) is 0. The van der Waals surface area contributed by atoms with Crippen LogP contribution in [0.15, 0.2) is 24.3 Å². The van der Waals surface area contributed by atoms with Gasteiger partial charge in [-0.3, -0.25) is 0 Å². The fourth-order valence-corrected chi connectivity index (χ4v) is 5.81. The van der Waals surface area contributed by atoms with Crippen LogP contribution in [-0.2, 0) is 36.5 Å². The lowest BCUT2D eigenvalue weighted by molar-refractivity contribution is 0.169. The second-order valence-corrected chi connectivity index (χ2v) is 17.8. The standard InChI is InChI=1S/C39H60O4/c1-23(31-21-40-31)42-33-27(35(3,4)5)17-25(18-28(33)36(6,7)8)39(15,16)26-19-29(37(9,10)11)34(30(20-26)38(12,13)14)43-24(2)32-22-41-32/h17-20,23-24,31-32H,21-22H2,1-16H3. The molecule has 0 aliphatic carbocycles. The number of epoxide rings is 2. The lowest BCUT2D eigenvalue weighted by Crippen LogP contribution is -2.29. The summed E-state index contributed by atoms with van der Waals surface area (Å²) < 4.78 is 24.8. The van der Waals surface area contributed by atoms with Crippen LogP contribution in [0.25, 0.3) is 0 Å². The predicted molar refractivity (Wildman–Crippen MR) is 179 cm³/mol. The lowest BCUT2D eigenvalue weighted by Gasteiger charge is -2.37. The van der Waals surface area contributed by atoms with E-state index < -0.39 is 0 Å². The highest BCUT2D eigenvalue weighted by atomic mass is 16.6. The Kier molecular flexibility index (Phi) is 8.73. The van der Waals surface area contributed by atoms with Gasteiger partial charge in [-0.1, -0.05) is 121 Å². The molecule has 4 nitrogen and oxygen atoms in total. The minimum Gasteiger partial charge on any atom is -0.487 e. The van der Waals surface area contributed by atoms with Crippen LogP contribution >= 0.6 is 0 Å². The summed E-state index contributed by atoms with van der Waals surface area (Å²) in [6.45, 7) is 38.1. The van der Waals surface area contributed by atoms with Gasteiger partial charge >= 0.3 is 0 Å². The van der Waals surface area contributed by atoms with E-state index in [0.29, 0.717) is 0 Å². The molecule has 0 aromatic heterocycles. The van der Waals surface area contributed by atoms with Crippen molar-refractivity contribution >= 4 is 0 Å². The Balaban J connectivity index is 1.96. The Bertz CT molecular complexity index is 1140. The Hall–Kier alpha value is -2.04. The molecular weight excluding hydrogens is 532 g/mol. The highest BCUT2D eigenvalue weighted by Crippen LogP contribution is 2.48. The molecule has 2 aliphatic rings. The van der Waals surface area contributed by atoms with Crippen LogP contribution in [0.2, 0.25) is 0 Å². The molecule has 0 saturated carbocycles. The van der Waals surface area contributed by atoms with Crippen LogP contribution in [0.4, 0.5) is 0 Å². The van der Waals surface area contributed by atoms with E-state index >= 15 is 0 Å². The molecule has 43 heavy (non-hydrogen) atoms. The molecule has 2 aromatic rings. The van der Waals surface area contributed by atoms with Gasteiger partial charge in [-0.25, -0.2) is 0 Å². The summed E-state index contributed by atoms with van der Waals surface area (Å²) in [7, 11) is 0. The Morgan fingerprint density at radius 3 is 0.930 bits per heavy atom. The molecule has 2 heterocycles. The van der Waals surface area contributed by atoms with Gasteiger partial charge in [0.1, 0.15) is 35.9 Å². The van der Waals surface area contributed by atoms with Gasteiger partial charge in [-0.2, -0.15) is 0 Å². The minimum atomic E-state index is -0.270. The predicted octanol–water partition coefficient (Wildman–Crippen LogP) is 9.53. The monoisotopic (exact) mass is 592 g/mol. The summed E-state index contributed by atoms with van der Waals surface area (Å²) in [6, 6.07) is 9.65. The first kappa shape index (κ1) is 33.8. The zero-order chi connectivity index (χ0) is 32.5. The molecule has 2 fully saturated rings. The van der Waals surface area contributed by atoms with Gasteiger partial charge < -0.3 is 18.9 Å². The van der Waals surface area contributed by atoms with Crippen LogP contribution in [0.1, 0.15) is 144 Å². The maximum atomic E-state index is 6.78. The summed E-state index contributed by atoms with van der Waals surface area (Å²) >= 11 is 0. The van der Waals surface area contributed by atoms with E-state index in [0.717, 1.165) is 24.7 Å². The summed E-state index contributed by atoms with van der Waals surface area (Å²) in [6.07, 6.45) is 0.387. The van der Waals surface area contributed by atoms with E-state index in [1.165, 1.54) is 33.4 Å². The smallest absolute Gasteiger partial charge is 0.127 e. The molecule has 4 unspecified atom stereocenters. The largest absolute Gasteiger partial charge is 0.487 e. The van der Waals surface area contributed by atoms with Gasteiger partial charge in [-0.15, -0.1) is 0 Å². The normalized spacial score (nSPS) is 20.9. The molecule has 0 bridgehead atoms. The molecule has 2 aliphatic heterocycles. The quantitative estimate of drug-likeness (QED) is 0.286. The zero-order valence-corrected chi connectivity index (χ0v) is 30.2. The summed E-state index contributed by atoms with van der Waals surface area (Å²) in [5.41, 5.74) is 6.94. The van der Waals surface area contributed by atoms with E-state index in [9.17, 15) is 0 Å². The Morgan fingerprint density at radius 1 is 0.512 bits per heavy atom. The first-order chi connectivity index (χ1) is 19.4. The van der Waals surface area contributed by atoms with Crippen molar-refractivity contribution in [3.05, 3.63) is 57.6 Å². The van der Waals surface area contributed by atoms with Crippen molar-refractivity contribution in [2.45, 2.75) is 162 Å². The van der Waals surface area contributed by atoms with Gasteiger partial charge in [0.05, 0.1) is 13.2 Å². The maximum Gasteiger partial charge on any atom is 0.127 e. The van der Waals surface area contributed by atoms with Crippen molar-refractivity contribution in [1.82, 2.24) is 0 Å². The Morgan fingerprint density at radius 2 is 0.744 bits per heavy atom. The van der Waals surface area contributed by atoms with Crippen LogP contribution in [0, 0.1) is 0 Å². The second-order valence-electron chi connectivity index (χ2n) is 17.8. The molecule has 0 amide bonds. The molecule has 0 radical (unpaired) electrons. The van der Waals surface area contributed by atoms with E-state index in [1.807, 2.05) is 0 Å². The molecule has 2 aromatic carbocycles. The maximum absolute atomic E-state index is 6.78. The van der Waals surface area contributed by atoms with Crippen molar-refractivity contribution < 1.29 is 18.9 Å². The van der Waals surface area contributed by atoms with Gasteiger partial charge in [0, 0.05) is 27.7 Å². The average Bonchev–Trinajstić information content (AvgIpc) is 3.73. The molecule has 4 rings (SSSR count). The fraction of sp³-hybridized carbons (Fsp3) is 0.692. The second kappa shape index (κ2) is 11.1. The van der Waals surface area contributed by atoms with Crippen molar-refractivity contribution in [2.75, 3.05) is 13.2 Å². The van der Waals surface area contributed by atoms with E-state index in [-0.39, 0.29) is 51.5 Å². The Labute approximate surface area is 263 Å². The molecular formula is C39H60O4. The minimum absolute atomic E-state index is 0.0146. The summed E-state index contributed by atoms with van der Waals surface area (Å²) in [5, 5.41) is 0. The van der Waals surface area contributed by atoms with E-state index in [2.05, 4.69) is 135 Å². The molecule has 0 N–H and O–H groups in total. The third kappa shape index (κ3) is 7.44. The first-order valence-electron chi connectivity index (χ1n) is 16.4. The molecule has 0 spiro atoms. The van der Waals surface area contributed by atoms with Crippen LogP contribution in [0.3, 0.4) is 0 Å². The van der Waals surface area contributed by atoms with Crippen molar-refractivity contribution in [3.8, 4) is 11.5 Å². The van der Waals surface area contributed by atoms with Crippen molar-refractivity contribution in [2.24, 2.45) is 0 Å². The molecule has 2 saturated heterocycles. The SMILES string of the molecule is CC(Oc1c(C(C)(C)C)cc(C(C)(C)c2cc(C(C)(C)C)c(OC(C)C3CO3)c(C(C)(C)C)c2)cc1C(C)(C)C)C1CO1. The number of benzene rings is 2. The van der Waals surface area contributed by atoms with E-state index in [1.54, 1.807) is 0 Å². The highest BCUT2D eigenvalue weighted by Gasteiger charge is 2.39. The van der Waals surface area contributed by atoms with Crippen LogP contribution < -0.4 is 9.47 Å². The van der Waals surface area contributed by atoms with Gasteiger partial charge in [-0.05, 0) is 46.6 Å². The fourth-order valence-electron chi connectivity index (χ4n) is 5.81. The van der Waals surface area contributed by atoms with Gasteiger partial charge in [0.2, 0.25) is 0 Å². The molecule has 4 heteroatoms. The summed E-state index contributed by atoms with van der Waals surface area (Å²) in [4.78, 5) is 0. The van der Waals surface area contributed by atoms with Crippen molar-refractivity contribution in [1.29, 1.82) is 0 Å². The number of rotatable bonds is 8. The van der Waals surface area contributed by atoms with Crippen LogP contribution in [-0.4, -0.2) is 37.6 Å². The third-order valence-corrected chi connectivity index (χ3v) is 9.23. The number of hydrogen-bond acceptors (Lipinski definition) is 4. The summed E-state index contributed by atoms with van der Waals surface area (Å²) in [5.74, 6) is 2.04. The highest BCUT2D eigenvalue weighted by molar-refractivity contribution is 5.57. The van der Waals surface area contributed by atoms with Gasteiger partial charge in [0.15, 0.2) is 0 Å². The van der Waals surface area contributed by atoms with Gasteiger partial charge in [0.25, 0.3) is 0 Å². The zero-order valence-electron chi connectivity index (χ0n) is 30.2. The van der Waals surface area contributed by atoms with Crippen molar-refractivity contribution in [3.63, 3.8) is 0 Å². The lowest BCUT2D eigenvalue weighted by atomic mass is 9.69. The third-order valence-electron chi connectivity index (χ3n) is 9.23. The van der Waals surface area contributed by atoms with Crippen LogP contribution in [0.5, 0.6) is 11.5 Å². The topological polar surface area (TPSA) is 43.5 Å². The van der Waals surface area contributed by atoms with E-state index in [4.69, 9.17) is 18.9 Å². The average molecular weight is 593 g/mol.